The minimum absolute atomic E-state index is 0.710. The summed E-state index contributed by atoms with van der Waals surface area (Å²) in [5.74, 6) is -0.710. The summed E-state index contributed by atoms with van der Waals surface area (Å²) in [4.78, 5) is 11.2. The smallest absolute Gasteiger partial charge is 0.257 e. The molecule has 3 nitrogen and oxygen atoms in total. The summed E-state index contributed by atoms with van der Waals surface area (Å²) in [6, 6.07) is 0. The van der Waals surface area contributed by atoms with Gasteiger partial charge < -0.3 is 10.4 Å². The van der Waals surface area contributed by atoms with Gasteiger partial charge in [-0.05, 0) is 34.6 Å². The van der Waals surface area contributed by atoms with Crippen LogP contribution in [0, 0.1) is 0 Å². The minimum Gasteiger partial charge on any atom is -0.391 e. The van der Waals surface area contributed by atoms with E-state index in [-0.39, 0.29) is 0 Å². The summed E-state index contributed by atoms with van der Waals surface area (Å²) in [5, 5.41) is 11.7. The van der Waals surface area contributed by atoms with Gasteiger partial charge in [0.05, 0.1) is 11.6 Å². The molecule has 0 heterocycles. The van der Waals surface area contributed by atoms with E-state index in [0.29, 0.717) is 0 Å². The molecule has 1 unspecified atom stereocenters. The molecule has 2 N–H and O–H groups in total. The molecule has 0 fully saturated rings. The molecule has 0 aliphatic carbocycles. The second-order valence-corrected chi connectivity index (χ2v) is 4.32. The Morgan fingerprint density at radius 2 is 1.77 bits per heavy atom. The van der Waals surface area contributed by atoms with Crippen molar-refractivity contribution in [3.05, 3.63) is 0 Å². The maximum absolute atomic E-state index is 13.1. The van der Waals surface area contributed by atoms with Gasteiger partial charge in [0.25, 0.3) is 5.91 Å². The lowest BCUT2D eigenvalue weighted by atomic mass is 9.97. The van der Waals surface area contributed by atoms with Crippen LogP contribution in [0.2, 0.25) is 0 Å². The average molecular weight is 191 g/mol. The van der Waals surface area contributed by atoms with E-state index < -0.39 is 23.2 Å². The predicted molar refractivity (Wildman–Crippen MR) is 49.1 cm³/mol. The van der Waals surface area contributed by atoms with Crippen LogP contribution in [0.1, 0.15) is 34.6 Å². The van der Waals surface area contributed by atoms with Gasteiger partial charge in [-0.2, -0.15) is 0 Å². The van der Waals surface area contributed by atoms with Crippen LogP contribution >= 0.6 is 0 Å². The molecule has 4 heteroatoms. The van der Waals surface area contributed by atoms with Crippen LogP contribution in [0.4, 0.5) is 4.39 Å². The van der Waals surface area contributed by atoms with Crippen LogP contribution in [0.15, 0.2) is 0 Å². The molecule has 0 aromatic heterocycles. The largest absolute Gasteiger partial charge is 0.391 e. The number of alkyl halides is 1. The normalized spacial score (nSPS) is 15.3. The molecule has 0 rings (SSSR count). The van der Waals surface area contributed by atoms with Crippen LogP contribution in [-0.4, -0.2) is 28.3 Å². The summed E-state index contributed by atoms with van der Waals surface area (Å²) < 4.78 is 13.1. The van der Waals surface area contributed by atoms with E-state index in [0.717, 1.165) is 0 Å². The first kappa shape index (κ1) is 12.4. The van der Waals surface area contributed by atoms with Crippen molar-refractivity contribution >= 4 is 5.91 Å². The number of hydrogen-bond donors (Lipinski definition) is 2. The Kier molecular flexibility index (Phi) is 3.44. The topological polar surface area (TPSA) is 49.3 Å². The number of carbonyl (C=O) groups excluding carboxylic acids is 1. The zero-order valence-electron chi connectivity index (χ0n) is 8.81. The van der Waals surface area contributed by atoms with E-state index in [1.165, 1.54) is 13.8 Å². The number of hydrogen-bond acceptors (Lipinski definition) is 2. The van der Waals surface area contributed by atoms with E-state index in [9.17, 15) is 14.3 Å². The van der Waals surface area contributed by atoms with Crippen molar-refractivity contribution in [2.75, 3.05) is 0 Å². The molecule has 13 heavy (non-hydrogen) atoms. The summed E-state index contributed by atoms with van der Waals surface area (Å²) in [6.07, 6.45) is -0.723. The van der Waals surface area contributed by atoms with E-state index in [1.807, 2.05) is 0 Å². The monoisotopic (exact) mass is 191 g/mol. The van der Waals surface area contributed by atoms with Gasteiger partial charge in [-0.25, -0.2) is 4.39 Å². The standard InChI is InChI=1S/C9H18FNO2/c1-6(12)9(4,5)11-7(13)8(2,3)10/h6,12H,1-5H3,(H,11,13). The lowest BCUT2D eigenvalue weighted by Gasteiger charge is -2.31. The zero-order chi connectivity index (χ0) is 10.9. The van der Waals surface area contributed by atoms with Gasteiger partial charge in [-0.1, -0.05) is 0 Å². The molecule has 0 aromatic carbocycles. The van der Waals surface area contributed by atoms with Crippen LogP contribution in [0.3, 0.4) is 0 Å². The van der Waals surface area contributed by atoms with Crippen LogP contribution in [0.5, 0.6) is 0 Å². The third-order valence-corrected chi connectivity index (χ3v) is 2.02. The molecule has 0 bridgehead atoms. The number of nitrogens with one attached hydrogen (secondary N) is 1. The Morgan fingerprint density at radius 3 is 2.00 bits per heavy atom. The molecular weight excluding hydrogens is 173 g/mol. The number of carbonyl (C=O) groups is 1. The molecule has 0 saturated heterocycles. The fourth-order valence-corrected chi connectivity index (χ4v) is 0.546. The summed E-state index contributed by atoms with van der Waals surface area (Å²) in [6.45, 7) is 7.19. The van der Waals surface area contributed by atoms with Crippen LogP contribution < -0.4 is 5.32 Å². The first-order chi connectivity index (χ1) is 5.57. The Bertz CT molecular complexity index is 194. The Labute approximate surface area is 78.3 Å². The van der Waals surface area contributed by atoms with E-state index in [1.54, 1.807) is 20.8 Å². The van der Waals surface area contributed by atoms with Crippen molar-refractivity contribution in [3.8, 4) is 0 Å². The number of aliphatic hydroxyl groups excluding tert-OH is 1. The van der Waals surface area contributed by atoms with Crippen molar-refractivity contribution in [2.24, 2.45) is 0 Å². The summed E-state index contributed by atoms with van der Waals surface area (Å²) in [7, 11) is 0. The molecule has 0 radical (unpaired) electrons. The van der Waals surface area contributed by atoms with Crippen LogP contribution in [0.25, 0.3) is 0 Å². The Balaban J connectivity index is 4.38. The Hall–Kier alpha value is -0.640. The molecular formula is C9H18FNO2. The van der Waals surface area contributed by atoms with Crippen molar-refractivity contribution in [1.82, 2.24) is 5.32 Å². The second kappa shape index (κ2) is 3.62. The molecule has 0 aliphatic heterocycles. The highest BCUT2D eigenvalue weighted by atomic mass is 19.1. The highest BCUT2D eigenvalue weighted by molar-refractivity contribution is 5.84. The third-order valence-electron chi connectivity index (χ3n) is 2.02. The number of rotatable bonds is 3. The molecule has 78 valence electrons. The minimum atomic E-state index is -1.91. The van der Waals surface area contributed by atoms with Gasteiger partial charge in [0, 0.05) is 0 Å². The molecule has 0 spiro atoms. The van der Waals surface area contributed by atoms with Crippen molar-refractivity contribution in [1.29, 1.82) is 0 Å². The molecule has 0 aromatic rings. The SMILES string of the molecule is CC(O)C(C)(C)NC(=O)C(C)(C)F. The number of halogens is 1. The lowest BCUT2D eigenvalue weighted by molar-refractivity contribution is -0.133. The van der Waals surface area contributed by atoms with Crippen molar-refractivity contribution in [3.63, 3.8) is 0 Å². The third kappa shape index (κ3) is 3.72. The molecule has 0 saturated carbocycles. The van der Waals surface area contributed by atoms with Gasteiger partial charge in [0.15, 0.2) is 5.67 Å². The van der Waals surface area contributed by atoms with E-state index in [2.05, 4.69) is 5.32 Å². The fraction of sp³-hybridized carbons (Fsp3) is 0.889. The Morgan fingerprint density at radius 1 is 1.38 bits per heavy atom. The highest BCUT2D eigenvalue weighted by Gasteiger charge is 2.33. The average Bonchev–Trinajstić information content (AvgIpc) is 1.83. The summed E-state index contributed by atoms with van der Waals surface area (Å²) >= 11 is 0. The van der Waals surface area contributed by atoms with Gasteiger partial charge in [0.1, 0.15) is 0 Å². The first-order valence-corrected chi connectivity index (χ1v) is 4.27. The fourth-order valence-electron chi connectivity index (χ4n) is 0.546. The van der Waals surface area contributed by atoms with Crippen molar-refractivity contribution < 1.29 is 14.3 Å². The summed E-state index contributed by atoms with van der Waals surface area (Å²) in [5.41, 5.74) is -2.72. The van der Waals surface area contributed by atoms with Gasteiger partial charge in [0.2, 0.25) is 0 Å². The second-order valence-electron chi connectivity index (χ2n) is 4.32. The molecule has 1 atom stereocenters. The van der Waals surface area contributed by atoms with Crippen molar-refractivity contribution in [2.45, 2.75) is 51.9 Å². The zero-order valence-corrected chi connectivity index (χ0v) is 8.81. The van der Waals surface area contributed by atoms with Gasteiger partial charge in [-0.15, -0.1) is 0 Å². The quantitative estimate of drug-likeness (QED) is 0.699. The van der Waals surface area contributed by atoms with Gasteiger partial charge >= 0.3 is 0 Å². The number of aliphatic hydroxyl groups is 1. The van der Waals surface area contributed by atoms with Gasteiger partial charge in [-0.3, -0.25) is 4.79 Å². The number of amides is 1. The maximum Gasteiger partial charge on any atom is 0.257 e. The first-order valence-electron chi connectivity index (χ1n) is 4.27. The predicted octanol–water partition coefficient (Wildman–Crippen LogP) is 1.01. The highest BCUT2D eigenvalue weighted by Crippen LogP contribution is 2.13. The van der Waals surface area contributed by atoms with Crippen LogP contribution in [-0.2, 0) is 4.79 Å². The lowest BCUT2D eigenvalue weighted by Crippen LogP contribution is -2.55. The molecule has 0 aliphatic rings. The molecule has 1 amide bonds. The maximum atomic E-state index is 13.1. The van der Waals surface area contributed by atoms with E-state index >= 15 is 0 Å². The van der Waals surface area contributed by atoms with E-state index in [4.69, 9.17) is 0 Å².